The molecule has 0 amide bonds. The lowest BCUT2D eigenvalue weighted by molar-refractivity contribution is -0.137. The molecule has 3 heterocycles. The van der Waals surface area contributed by atoms with Crippen LogP contribution in [-0.4, -0.2) is 58.3 Å². The summed E-state index contributed by atoms with van der Waals surface area (Å²) in [4.78, 5) is 8.88. The molecule has 0 bridgehead atoms. The highest BCUT2D eigenvalue weighted by Gasteiger charge is 2.31. The van der Waals surface area contributed by atoms with Gasteiger partial charge in [-0.1, -0.05) is 6.07 Å². The molecule has 0 aliphatic carbocycles. The van der Waals surface area contributed by atoms with Crippen molar-refractivity contribution in [1.29, 1.82) is 0 Å². The van der Waals surface area contributed by atoms with Crippen molar-refractivity contribution in [3.63, 3.8) is 0 Å². The lowest BCUT2D eigenvalue weighted by Crippen LogP contribution is -2.52. The highest BCUT2D eigenvalue weighted by Crippen LogP contribution is 2.31. The molecular weight excluding hydrogens is 522 g/mol. The van der Waals surface area contributed by atoms with E-state index in [0.717, 1.165) is 49.6 Å². The smallest absolute Gasteiger partial charge is 0.368 e. The average Bonchev–Trinajstić information content (AvgIpc) is 3.35. The highest BCUT2D eigenvalue weighted by atomic mass is 127. The third-order valence-corrected chi connectivity index (χ3v) is 5.51. The number of alkyl halides is 3. The molecule has 11 heteroatoms. The van der Waals surface area contributed by atoms with Gasteiger partial charge in [0.1, 0.15) is 12.4 Å². The summed E-state index contributed by atoms with van der Waals surface area (Å²) in [5.41, 5.74) is -0.0105. The number of nitrogens with one attached hydrogen (secondary N) is 1. The van der Waals surface area contributed by atoms with E-state index < -0.39 is 11.7 Å². The van der Waals surface area contributed by atoms with E-state index in [1.54, 1.807) is 6.07 Å². The van der Waals surface area contributed by atoms with Crippen molar-refractivity contribution >= 4 is 35.6 Å². The quantitative estimate of drug-likeness (QED) is 0.361. The van der Waals surface area contributed by atoms with Gasteiger partial charge < -0.3 is 19.7 Å². The summed E-state index contributed by atoms with van der Waals surface area (Å²) in [5, 5.41) is 11.8. The Hall–Kier alpha value is -2.05. The van der Waals surface area contributed by atoms with Crippen LogP contribution in [0.1, 0.15) is 30.6 Å². The maximum absolute atomic E-state index is 13.0. The number of hydrogen-bond acceptors (Lipinski definition) is 4. The second-order valence-electron chi connectivity index (χ2n) is 7.48. The third-order valence-electron chi connectivity index (χ3n) is 5.51. The van der Waals surface area contributed by atoms with Gasteiger partial charge in [0.05, 0.1) is 5.56 Å². The van der Waals surface area contributed by atoms with Gasteiger partial charge in [0.15, 0.2) is 11.8 Å². The van der Waals surface area contributed by atoms with E-state index in [0.29, 0.717) is 38.4 Å². The first kappa shape index (κ1) is 23.6. The summed E-state index contributed by atoms with van der Waals surface area (Å²) < 4.78 is 41.2. The zero-order valence-corrected chi connectivity index (χ0v) is 19.7. The van der Waals surface area contributed by atoms with Crippen molar-refractivity contribution in [2.24, 2.45) is 4.99 Å². The van der Waals surface area contributed by atoms with E-state index in [4.69, 9.17) is 4.99 Å². The van der Waals surface area contributed by atoms with Gasteiger partial charge in [-0.05, 0) is 31.5 Å². The minimum atomic E-state index is -4.33. The Morgan fingerprint density at radius 2 is 1.90 bits per heavy atom. The molecule has 0 radical (unpaired) electrons. The number of hydrogen-bond donors (Lipinski definition) is 1. The highest BCUT2D eigenvalue weighted by molar-refractivity contribution is 14.0. The van der Waals surface area contributed by atoms with E-state index in [1.165, 1.54) is 12.1 Å². The van der Waals surface area contributed by atoms with Crippen LogP contribution in [0.15, 0.2) is 29.3 Å². The number of halogens is 4. The third kappa shape index (κ3) is 5.42. The molecule has 1 aromatic carbocycles. The number of piperazine rings is 1. The summed E-state index contributed by atoms with van der Waals surface area (Å²) in [6, 6.07) is 5.53. The van der Waals surface area contributed by atoms with Crippen molar-refractivity contribution in [1.82, 2.24) is 25.0 Å². The standard InChI is InChI=1S/C20H26F3N7.HI/c1-2-24-19(25-14-18-27-26-17-7-4-8-30(17)18)29-11-9-28(10-12-29)16-6-3-5-15(13-16)20(21,22)23;/h3,5-6,13H,2,4,7-12,14H2,1H3,(H,24,25);1H. The van der Waals surface area contributed by atoms with Gasteiger partial charge in [0.25, 0.3) is 0 Å². The number of rotatable bonds is 4. The van der Waals surface area contributed by atoms with E-state index in [-0.39, 0.29) is 24.0 Å². The van der Waals surface area contributed by atoms with Crippen LogP contribution in [-0.2, 0) is 25.7 Å². The Morgan fingerprint density at radius 1 is 1.13 bits per heavy atom. The second-order valence-corrected chi connectivity index (χ2v) is 7.48. The fourth-order valence-corrected chi connectivity index (χ4v) is 3.95. The van der Waals surface area contributed by atoms with Crippen molar-refractivity contribution in [2.45, 2.75) is 39.0 Å². The van der Waals surface area contributed by atoms with Crippen LogP contribution < -0.4 is 10.2 Å². The molecule has 0 saturated carbocycles. The number of aromatic nitrogens is 3. The predicted octanol–water partition coefficient (Wildman–Crippen LogP) is 3.15. The number of benzene rings is 1. The van der Waals surface area contributed by atoms with E-state index in [2.05, 4.69) is 25.0 Å². The number of aliphatic imine (C=N–C) groups is 1. The zero-order chi connectivity index (χ0) is 21.1. The largest absolute Gasteiger partial charge is 0.416 e. The number of nitrogens with zero attached hydrogens (tertiary/aromatic N) is 6. The Morgan fingerprint density at radius 3 is 2.61 bits per heavy atom. The fourth-order valence-electron chi connectivity index (χ4n) is 3.95. The minimum Gasteiger partial charge on any atom is -0.368 e. The van der Waals surface area contributed by atoms with Gasteiger partial charge in [0.2, 0.25) is 0 Å². The summed E-state index contributed by atoms with van der Waals surface area (Å²) in [5.74, 6) is 2.71. The fraction of sp³-hybridized carbons (Fsp3) is 0.550. The number of aryl methyl sites for hydroxylation is 1. The van der Waals surface area contributed by atoms with E-state index in [9.17, 15) is 13.2 Å². The molecule has 2 aromatic rings. The Balaban J connectivity index is 0.00000272. The number of fused-ring (bicyclic) bond motifs is 1. The van der Waals surface area contributed by atoms with Crippen molar-refractivity contribution in [2.75, 3.05) is 37.6 Å². The van der Waals surface area contributed by atoms with Gasteiger partial charge in [0, 0.05) is 51.4 Å². The van der Waals surface area contributed by atoms with E-state index in [1.807, 2.05) is 11.8 Å². The van der Waals surface area contributed by atoms with Gasteiger partial charge in [-0.25, -0.2) is 4.99 Å². The monoisotopic (exact) mass is 549 g/mol. The molecule has 7 nitrogen and oxygen atoms in total. The first-order valence-corrected chi connectivity index (χ1v) is 10.3. The minimum absolute atomic E-state index is 0. The number of guanidine groups is 1. The van der Waals surface area contributed by atoms with Crippen molar-refractivity contribution in [3.05, 3.63) is 41.5 Å². The van der Waals surface area contributed by atoms with Crippen LogP contribution >= 0.6 is 24.0 Å². The van der Waals surface area contributed by atoms with Crippen molar-refractivity contribution < 1.29 is 13.2 Å². The molecule has 2 aliphatic heterocycles. The number of anilines is 1. The molecule has 1 N–H and O–H groups in total. The molecule has 1 fully saturated rings. The summed E-state index contributed by atoms with van der Waals surface area (Å²) in [7, 11) is 0. The maximum Gasteiger partial charge on any atom is 0.416 e. The van der Waals surface area contributed by atoms with Crippen LogP contribution in [0.25, 0.3) is 0 Å². The Labute approximate surface area is 196 Å². The molecule has 0 unspecified atom stereocenters. The molecule has 170 valence electrons. The second kappa shape index (κ2) is 10.0. The molecule has 0 spiro atoms. The van der Waals surface area contributed by atoms with Gasteiger partial charge in [-0.2, -0.15) is 13.2 Å². The lowest BCUT2D eigenvalue weighted by atomic mass is 10.1. The van der Waals surface area contributed by atoms with Crippen molar-refractivity contribution in [3.8, 4) is 0 Å². The first-order valence-electron chi connectivity index (χ1n) is 10.3. The van der Waals surface area contributed by atoms with Crippen LogP contribution in [0.4, 0.5) is 18.9 Å². The Kier molecular flexibility index (Phi) is 7.65. The topological polar surface area (TPSA) is 61.6 Å². The summed E-state index contributed by atoms with van der Waals surface area (Å²) >= 11 is 0. The van der Waals surface area contributed by atoms with Crippen LogP contribution in [0.3, 0.4) is 0 Å². The SMILES string of the molecule is CCNC(=NCc1nnc2n1CCC2)N1CCN(c2cccc(C(F)(F)F)c2)CC1.I. The first-order chi connectivity index (χ1) is 14.5. The Bertz CT molecular complexity index is 904. The molecule has 4 rings (SSSR count). The summed E-state index contributed by atoms with van der Waals surface area (Å²) in [6.45, 7) is 6.79. The summed E-state index contributed by atoms with van der Waals surface area (Å²) in [6.07, 6.45) is -2.27. The normalized spacial score (nSPS) is 16.8. The zero-order valence-electron chi connectivity index (χ0n) is 17.4. The molecule has 1 saturated heterocycles. The molecular formula is C20H27F3IN7. The van der Waals surface area contributed by atoms with Gasteiger partial charge in [-0.3, -0.25) is 0 Å². The molecule has 31 heavy (non-hydrogen) atoms. The maximum atomic E-state index is 13.0. The predicted molar refractivity (Wildman–Crippen MR) is 124 cm³/mol. The van der Waals surface area contributed by atoms with Crippen LogP contribution in [0.2, 0.25) is 0 Å². The van der Waals surface area contributed by atoms with Crippen LogP contribution in [0, 0.1) is 0 Å². The van der Waals surface area contributed by atoms with Gasteiger partial charge in [-0.15, -0.1) is 34.2 Å². The molecule has 0 atom stereocenters. The van der Waals surface area contributed by atoms with Crippen LogP contribution in [0.5, 0.6) is 0 Å². The van der Waals surface area contributed by atoms with E-state index >= 15 is 0 Å². The lowest BCUT2D eigenvalue weighted by Gasteiger charge is -2.37. The molecule has 1 aromatic heterocycles. The van der Waals surface area contributed by atoms with Gasteiger partial charge >= 0.3 is 6.18 Å². The average molecular weight is 549 g/mol. The molecule has 2 aliphatic rings.